The molecular weight excluding hydrogens is 251 g/mol. The van der Waals surface area contributed by atoms with Gasteiger partial charge in [0, 0.05) is 20.1 Å². The van der Waals surface area contributed by atoms with E-state index in [2.05, 4.69) is 0 Å². The summed E-state index contributed by atoms with van der Waals surface area (Å²) in [5.74, 6) is -1.46. The number of hydrogen-bond acceptors (Lipinski definition) is 2. The van der Waals surface area contributed by atoms with E-state index in [9.17, 15) is 14.0 Å². The van der Waals surface area contributed by atoms with Crippen molar-refractivity contribution in [3.05, 3.63) is 30.1 Å². The Morgan fingerprint density at radius 3 is 2.47 bits per heavy atom. The molecule has 0 atom stereocenters. The molecule has 0 aliphatic rings. The maximum atomic E-state index is 13.7. The molecule has 5 nitrogen and oxygen atoms in total. The molecular formula is C13H17FN2O3. The topological polar surface area (TPSA) is 60.9 Å². The third kappa shape index (κ3) is 3.94. The average molecular weight is 268 g/mol. The predicted molar refractivity (Wildman–Crippen MR) is 69.7 cm³/mol. The van der Waals surface area contributed by atoms with Gasteiger partial charge < -0.3 is 10.0 Å². The van der Waals surface area contributed by atoms with Gasteiger partial charge >= 0.3 is 12.0 Å². The van der Waals surface area contributed by atoms with Crippen LogP contribution in [0.15, 0.2) is 24.3 Å². The van der Waals surface area contributed by atoms with Gasteiger partial charge in [0.05, 0.1) is 12.1 Å². The molecule has 1 rings (SSSR count). The van der Waals surface area contributed by atoms with Gasteiger partial charge in [-0.2, -0.15) is 0 Å². The van der Waals surface area contributed by atoms with Crippen LogP contribution in [0.1, 0.15) is 13.3 Å². The number of halogens is 1. The first-order valence-corrected chi connectivity index (χ1v) is 5.96. The minimum atomic E-state index is -0.978. The largest absolute Gasteiger partial charge is 0.481 e. The molecule has 1 N–H and O–H groups in total. The number of urea groups is 1. The Morgan fingerprint density at radius 2 is 1.95 bits per heavy atom. The van der Waals surface area contributed by atoms with E-state index in [1.807, 2.05) is 0 Å². The van der Waals surface area contributed by atoms with Crippen LogP contribution in [0.3, 0.4) is 0 Å². The zero-order chi connectivity index (χ0) is 14.4. The molecule has 0 unspecified atom stereocenters. The number of rotatable bonds is 5. The second-order valence-corrected chi connectivity index (χ2v) is 4.04. The minimum absolute atomic E-state index is 0.0825. The summed E-state index contributed by atoms with van der Waals surface area (Å²) >= 11 is 0. The fraction of sp³-hybridized carbons (Fsp3) is 0.385. The van der Waals surface area contributed by atoms with Crippen LogP contribution in [0.2, 0.25) is 0 Å². The summed E-state index contributed by atoms with van der Waals surface area (Å²) in [5.41, 5.74) is 0.192. The van der Waals surface area contributed by atoms with Crippen LogP contribution in [0, 0.1) is 5.82 Å². The van der Waals surface area contributed by atoms with Crippen molar-refractivity contribution in [3.8, 4) is 0 Å². The van der Waals surface area contributed by atoms with Gasteiger partial charge in [-0.1, -0.05) is 12.1 Å². The summed E-state index contributed by atoms with van der Waals surface area (Å²) in [6, 6.07) is 5.56. The molecule has 0 aliphatic carbocycles. The van der Waals surface area contributed by atoms with Crippen molar-refractivity contribution in [3.63, 3.8) is 0 Å². The van der Waals surface area contributed by atoms with E-state index in [1.54, 1.807) is 19.1 Å². The molecule has 0 heterocycles. The number of carboxylic acid groups (broad SMARTS) is 1. The van der Waals surface area contributed by atoms with Gasteiger partial charge in [0.1, 0.15) is 5.82 Å². The Hall–Kier alpha value is -2.11. The van der Waals surface area contributed by atoms with Crippen LogP contribution >= 0.6 is 0 Å². The highest BCUT2D eigenvalue weighted by Gasteiger charge is 2.20. The number of nitrogens with zero attached hydrogens (tertiary/aromatic N) is 2. The summed E-state index contributed by atoms with van der Waals surface area (Å²) < 4.78 is 13.7. The Balaban J connectivity index is 2.82. The van der Waals surface area contributed by atoms with Gasteiger partial charge in [-0.25, -0.2) is 9.18 Å². The van der Waals surface area contributed by atoms with E-state index < -0.39 is 17.8 Å². The highest BCUT2D eigenvalue weighted by atomic mass is 19.1. The highest BCUT2D eigenvalue weighted by molar-refractivity contribution is 5.92. The zero-order valence-corrected chi connectivity index (χ0v) is 11.0. The van der Waals surface area contributed by atoms with Gasteiger partial charge in [-0.05, 0) is 19.1 Å². The van der Waals surface area contributed by atoms with Crippen LogP contribution < -0.4 is 4.90 Å². The smallest absolute Gasteiger partial charge is 0.324 e. The van der Waals surface area contributed by atoms with E-state index in [0.29, 0.717) is 6.54 Å². The first kappa shape index (κ1) is 14.9. The SMILES string of the molecule is CCN(C(=O)N(C)CCC(=O)O)c1ccccc1F. The van der Waals surface area contributed by atoms with Crippen LogP contribution in [0.25, 0.3) is 0 Å². The van der Waals surface area contributed by atoms with Crippen molar-refractivity contribution >= 4 is 17.7 Å². The highest BCUT2D eigenvalue weighted by Crippen LogP contribution is 2.19. The number of benzene rings is 1. The number of para-hydroxylation sites is 1. The van der Waals surface area contributed by atoms with Gasteiger partial charge in [0.25, 0.3) is 0 Å². The lowest BCUT2D eigenvalue weighted by molar-refractivity contribution is -0.137. The van der Waals surface area contributed by atoms with E-state index >= 15 is 0 Å². The van der Waals surface area contributed by atoms with E-state index in [0.717, 1.165) is 0 Å². The van der Waals surface area contributed by atoms with Crippen LogP contribution in [0.4, 0.5) is 14.9 Å². The molecule has 19 heavy (non-hydrogen) atoms. The lowest BCUT2D eigenvalue weighted by Gasteiger charge is -2.27. The molecule has 1 aromatic carbocycles. The maximum absolute atomic E-state index is 13.7. The molecule has 0 saturated heterocycles. The number of hydrogen-bond donors (Lipinski definition) is 1. The Labute approximate surface area is 111 Å². The molecule has 0 bridgehead atoms. The van der Waals surface area contributed by atoms with Gasteiger partial charge in [-0.15, -0.1) is 0 Å². The third-order valence-corrected chi connectivity index (χ3v) is 2.68. The first-order chi connectivity index (χ1) is 8.97. The fourth-order valence-corrected chi connectivity index (χ4v) is 1.64. The molecule has 0 aliphatic heterocycles. The standard InChI is InChI=1S/C13H17FN2O3/c1-3-16(11-7-5-4-6-10(11)14)13(19)15(2)9-8-12(17)18/h4-7H,3,8-9H2,1-2H3,(H,17,18). The summed E-state index contributed by atoms with van der Waals surface area (Å²) in [7, 11) is 1.49. The van der Waals surface area contributed by atoms with E-state index in [4.69, 9.17) is 5.11 Å². The van der Waals surface area contributed by atoms with Gasteiger partial charge in [-0.3, -0.25) is 9.69 Å². The minimum Gasteiger partial charge on any atom is -0.481 e. The van der Waals surface area contributed by atoms with Crippen molar-refractivity contribution in [2.75, 3.05) is 25.0 Å². The Morgan fingerprint density at radius 1 is 1.32 bits per heavy atom. The van der Waals surface area contributed by atoms with Crippen molar-refractivity contribution in [2.45, 2.75) is 13.3 Å². The van der Waals surface area contributed by atoms with Crippen LogP contribution in [0.5, 0.6) is 0 Å². The average Bonchev–Trinajstić information content (AvgIpc) is 2.38. The number of amides is 2. The van der Waals surface area contributed by atoms with E-state index in [1.165, 1.54) is 29.0 Å². The molecule has 2 amide bonds. The molecule has 0 fully saturated rings. The van der Waals surface area contributed by atoms with Crippen molar-refractivity contribution < 1.29 is 19.1 Å². The van der Waals surface area contributed by atoms with E-state index in [-0.39, 0.29) is 18.7 Å². The normalized spacial score (nSPS) is 10.1. The fourth-order valence-electron chi connectivity index (χ4n) is 1.64. The monoisotopic (exact) mass is 268 g/mol. The van der Waals surface area contributed by atoms with Crippen molar-refractivity contribution in [1.82, 2.24) is 4.90 Å². The molecule has 0 radical (unpaired) electrons. The van der Waals surface area contributed by atoms with Gasteiger partial charge in [0.2, 0.25) is 0 Å². The summed E-state index contributed by atoms with van der Waals surface area (Å²) in [5, 5.41) is 8.59. The van der Waals surface area contributed by atoms with Crippen molar-refractivity contribution in [2.24, 2.45) is 0 Å². The number of anilines is 1. The quantitative estimate of drug-likeness (QED) is 0.890. The molecule has 104 valence electrons. The summed E-state index contributed by atoms with van der Waals surface area (Å²) in [6.07, 6.45) is -0.142. The zero-order valence-electron chi connectivity index (χ0n) is 11.0. The number of carbonyl (C=O) groups is 2. The molecule has 0 aromatic heterocycles. The molecule has 0 saturated carbocycles. The summed E-state index contributed by atoms with van der Waals surface area (Å²) in [4.78, 5) is 25.2. The third-order valence-electron chi connectivity index (χ3n) is 2.68. The van der Waals surface area contributed by atoms with Crippen molar-refractivity contribution in [1.29, 1.82) is 0 Å². The number of carbonyl (C=O) groups excluding carboxylic acids is 1. The predicted octanol–water partition coefficient (Wildman–Crippen LogP) is 2.18. The second kappa shape index (κ2) is 6.72. The second-order valence-electron chi connectivity index (χ2n) is 4.04. The van der Waals surface area contributed by atoms with Crippen LogP contribution in [-0.4, -0.2) is 42.1 Å². The Kier molecular flexibility index (Phi) is 5.29. The van der Waals surface area contributed by atoms with Crippen LogP contribution in [-0.2, 0) is 4.79 Å². The first-order valence-electron chi connectivity index (χ1n) is 5.96. The molecule has 6 heteroatoms. The molecule has 0 spiro atoms. The lowest BCUT2D eigenvalue weighted by atomic mass is 10.2. The molecule has 1 aromatic rings. The summed E-state index contributed by atoms with van der Waals surface area (Å²) in [6.45, 7) is 2.12. The maximum Gasteiger partial charge on any atom is 0.324 e. The lowest BCUT2D eigenvalue weighted by Crippen LogP contribution is -2.42. The Bertz CT molecular complexity index is 465. The number of carboxylic acids is 1. The number of aliphatic carboxylic acids is 1. The van der Waals surface area contributed by atoms with Gasteiger partial charge in [0.15, 0.2) is 0 Å².